The second-order valence-electron chi connectivity index (χ2n) is 6.54. The molecule has 6 nitrogen and oxygen atoms in total. The second-order valence-corrected chi connectivity index (χ2v) is 6.54. The van der Waals surface area contributed by atoms with Crippen molar-refractivity contribution in [1.29, 1.82) is 0 Å². The van der Waals surface area contributed by atoms with Gasteiger partial charge in [0.15, 0.2) is 0 Å². The fourth-order valence-electron chi connectivity index (χ4n) is 3.06. The van der Waals surface area contributed by atoms with Crippen LogP contribution in [0.25, 0.3) is 0 Å². The highest BCUT2D eigenvalue weighted by atomic mass is 16.5. The van der Waals surface area contributed by atoms with Gasteiger partial charge < -0.3 is 14.5 Å². The fourth-order valence-corrected chi connectivity index (χ4v) is 3.06. The summed E-state index contributed by atoms with van der Waals surface area (Å²) in [6.07, 6.45) is 5.66. The van der Waals surface area contributed by atoms with Crippen LogP contribution in [0.15, 0.2) is 41.1 Å². The Hall–Kier alpha value is -2.34. The number of nitrogens with zero attached hydrogens (tertiary/aromatic N) is 2. The molecule has 0 radical (unpaired) electrons. The van der Waals surface area contributed by atoms with Gasteiger partial charge in [-0.25, -0.2) is 4.98 Å². The Labute approximate surface area is 148 Å². The van der Waals surface area contributed by atoms with Gasteiger partial charge in [-0.05, 0) is 58.0 Å². The number of pyridine rings is 1. The van der Waals surface area contributed by atoms with Gasteiger partial charge in [0, 0.05) is 18.8 Å². The number of amides is 1. The van der Waals surface area contributed by atoms with Crippen molar-refractivity contribution in [3.63, 3.8) is 0 Å². The number of hydrogen-bond donors (Lipinski definition) is 1. The summed E-state index contributed by atoms with van der Waals surface area (Å²) >= 11 is 0. The molecule has 0 spiro atoms. The topological polar surface area (TPSA) is 67.6 Å². The van der Waals surface area contributed by atoms with Crippen molar-refractivity contribution in [2.45, 2.75) is 38.8 Å². The first-order valence-electron chi connectivity index (χ1n) is 8.82. The predicted molar refractivity (Wildman–Crippen MR) is 94.6 cm³/mol. The number of rotatable bonds is 7. The van der Waals surface area contributed by atoms with Crippen molar-refractivity contribution in [3.05, 3.63) is 48.0 Å². The van der Waals surface area contributed by atoms with E-state index in [1.54, 1.807) is 24.6 Å². The monoisotopic (exact) mass is 343 g/mol. The summed E-state index contributed by atoms with van der Waals surface area (Å²) in [6, 6.07) is 7.38. The average molecular weight is 343 g/mol. The highest BCUT2D eigenvalue weighted by molar-refractivity contribution is 5.93. The molecule has 3 heterocycles. The van der Waals surface area contributed by atoms with Crippen molar-refractivity contribution in [2.75, 3.05) is 19.6 Å². The van der Waals surface area contributed by atoms with Crippen LogP contribution in [0, 0.1) is 0 Å². The maximum Gasteiger partial charge on any atom is 0.252 e. The number of hydrogen-bond acceptors (Lipinski definition) is 5. The summed E-state index contributed by atoms with van der Waals surface area (Å²) in [5, 5.41) is 3.00. The third-order valence-corrected chi connectivity index (χ3v) is 4.26. The third kappa shape index (κ3) is 4.60. The van der Waals surface area contributed by atoms with Gasteiger partial charge in [0.2, 0.25) is 5.88 Å². The molecular formula is C19H25N3O3. The lowest BCUT2D eigenvalue weighted by Gasteiger charge is -2.26. The zero-order chi connectivity index (χ0) is 17.6. The molecule has 1 aliphatic heterocycles. The number of carbonyl (C=O) groups excluding carboxylic acids is 1. The molecule has 2 aromatic heterocycles. The van der Waals surface area contributed by atoms with Gasteiger partial charge >= 0.3 is 0 Å². The minimum absolute atomic E-state index is 0.0571. The van der Waals surface area contributed by atoms with Crippen LogP contribution in [0.1, 0.15) is 48.8 Å². The molecule has 1 amide bonds. The maximum absolute atomic E-state index is 12.4. The van der Waals surface area contributed by atoms with Gasteiger partial charge in [-0.3, -0.25) is 9.69 Å². The van der Waals surface area contributed by atoms with E-state index in [1.165, 1.54) is 12.8 Å². The third-order valence-electron chi connectivity index (χ3n) is 4.26. The van der Waals surface area contributed by atoms with E-state index < -0.39 is 0 Å². The summed E-state index contributed by atoms with van der Waals surface area (Å²) in [6.45, 7) is 6.45. The van der Waals surface area contributed by atoms with Gasteiger partial charge in [-0.2, -0.15) is 0 Å². The molecule has 134 valence electrons. The quantitative estimate of drug-likeness (QED) is 0.837. The van der Waals surface area contributed by atoms with Crippen LogP contribution >= 0.6 is 0 Å². The van der Waals surface area contributed by atoms with E-state index in [2.05, 4.69) is 15.2 Å². The minimum Gasteiger partial charge on any atom is -0.475 e. The van der Waals surface area contributed by atoms with Crippen molar-refractivity contribution >= 4 is 5.91 Å². The van der Waals surface area contributed by atoms with Crippen molar-refractivity contribution in [3.8, 4) is 5.88 Å². The molecule has 1 atom stereocenters. The standard InChI is InChI=1S/C19H25N3O3/c1-14(2)25-18-8-7-15(12-20-18)19(23)21-13-16(17-6-5-11-24-17)22-9-3-4-10-22/h5-8,11-12,14,16H,3-4,9-10,13H2,1-2H3,(H,21,23). The summed E-state index contributed by atoms with van der Waals surface area (Å²) < 4.78 is 11.1. The molecule has 1 aliphatic rings. The Kier molecular flexibility index (Phi) is 5.71. The summed E-state index contributed by atoms with van der Waals surface area (Å²) in [5.41, 5.74) is 0.524. The number of carbonyl (C=O) groups is 1. The smallest absolute Gasteiger partial charge is 0.252 e. The number of likely N-dealkylation sites (tertiary alicyclic amines) is 1. The zero-order valence-electron chi connectivity index (χ0n) is 14.8. The van der Waals surface area contributed by atoms with Crippen LogP contribution in [-0.2, 0) is 0 Å². The van der Waals surface area contributed by atoms with Crippen LogP contribution in [0.4, 0.5) is 0 Å². The number of aromatic nitrogens is 1. The van der Waals surface area contributed by atoms with Gasteiger partial charge in [0.25, 0.3) is 5.91 Å². The molecule has 6 heteroatoms. The van der Waals surface area contributed by atoms with E-state index >= 15 is 0 Å². The van der Waals surface area contributed by atoms with Gasteiger partial charge in [-0.15, -0.1) is 0 Å². The van der Waals surface area contributed by atoms with Crippen LogP contribution in [-0.4, -0.2) is 41.5 Å². The molecule has 0 aliphatic carbocycles. The van der Waals surface area contributed by atoms with Crippen LogP contribution in [0.5, 0.6) is 5.88 Å². The van der Waals surface area contributed by atoms with Gasteiger partial charge in [0.1, 0.15) is 5.76 Å². The van der Waals surface area contributed by atoms with Crippen molar-refractivity contribution < 1.29 is 13.9 Å². The first-order chi connectivity index (χ1) is 12.1. The zero-order valence-corrected chi connectivity index (χ0v) is 14.8. The Morgan fingerprint density at radius 3 is 2.72 bits per heavy atom. The lowest BCUT2D eigenvalue weighted by molar-refractivity contribution is 0.0933. The SMILES string of the molecule is CC(C)Oc1ccc(C(=O)NCC(c2ccco2)N2CCCC2)cn1. The van der Waals surface area contributed by atoms with E-state index in [0.717, 1.165) is 18.8 Å². The molecular weight excluding hydrogens is 318 g/mol. The number of furan rings is 1. The second kappa shape index (κ2) is 8.16. The van der Waals surface area contributed by atoms with E-state index in [4.69, 9.17) is 9.15 Å². The van der Waals surface area contributed by atoms with Gasteiger partial charge in [0.05, 0.1) is 24.0 Å². The molecule has 3 rings (SSSR count). The number of nitrogens with one attached hydrogen (secondary N) is 1. The van der Waals surface area contributed by atoms with E-state index in [1.807, 2.05) is 26.0 Å². The summed E-state index contributed by atoms with van der Waals surface area (Å²) in [4.78, 5) is 19.0. The molecule has 0 saturated carbocycles. The molecule has 1 fully saturated rings. The largest absolute Gasteiger partial charge is 0.475 e. The lowest BCUT2D eigenvalue weighted by atomic mass is 10.2. The molecule has 0 aromatic carbocycles. The normalized spacial score (nSPS) is 16.1. The minimum atomic E-state index is -0.139. The Bertz CT molecular complexity index is 662. The Morgan fingerprint density at radius 2 is 2.12 bits per heavy atom. The average Bonchev–Trinajstić information content (AvgIpc) is 3.29. The fraction of sp³-hybridized carbons (Fsp3) is 0.474. The molecule has 0 bridgehead atoms. The van der Waals surface area contributed by atoms with Gasteiger partial charge in [-0.1, -0.05) is 0 Å². The highest BCUT2D eigenvalue weighted by Gasteiger charge is 2.26. The molecule has 2 aromatic rings. The van der Waals surface area contributed by atoms with Crippen molar-refractivity contribution in [2.24, 2.45) is 0 Å². The van der Waals surface area contributed by atoms with Crippen LogP contribution < -0.4 is 10.1 Å². The lowest BCUT2D eigenvalue weighted by Crippen LogP contribution is -2.36. The molecule has 25 heavy (non-hydrogen) atoms. The predicted octanol–water partition coefficient (Wildman–Crippen LogP) is 3.03. The molecule has 1 unspecified atom stereocenters. The molecule has 1 N–H and O–H groups in total. The van der Waals surface area contributed by atoms with E-state index in [-0.39, 0.29) is 18.1 Å². The first-order valence-corrected chi connectivity index (χ1v) is 8.82. The number of ether oxygens (including phenoxy) is 1. The molecule has 1 saturated heterocycles. The van der Waals surface area contributed by atoms with Crippen LogP contribution in [0.3, 0.4) is 0 Å². The Balaban J connectivity index is 1.61. The van der Waals surface area contributed by atoms with Crippen molar-refractivity contribution in [1.82, 2.24) is 15.2 Å². The highest BCUT2D eigenvalue weighted by Crippen LogP contribution is 2.25. The summed E-state index contributed by atoms with van der Waals surface area (Å²) in [7, 11) is 0. The maximum atomic E-state index is 12.4. The Morgan fingerprint density at radius 1 is 1.32 bits per heavy atom. The van der Waals surface area contributed by atoms with Crippen LogP contribution in [0.2, 0.25) is 0 Å². The van der Waals surface area contributed by atoms with E-state index in [0.29, 0.717) is 18.0 Å². The van der Waals surface area contributed by atoms with E-state index in [9.17, 15) is 4.79 Å². The first kappa shape index (κ1) is 17.5. The summed E-state index contributed by atoms with van der Waals surface area (Å²) in [5.74, 6) is 1.28.